The highest BCUT2D eigenvalue weighted by Gasteiger charge is 2.15. The SMILES string of the molecule is COC(O)c1cnc2cc(-c3ccncc3)nn2c1N. The zero-order chi connectivity index (χ0) is 14.1. The highest BCUT2D eigenvalue weighted by molar-refractivity contribution is 5.65. The molecule has 0 aromatic carbocycles. The molecule has 3 rings (SSSR count). The summed E-state index contributed by atoms with van der Waals surface area (Å²) in [5, 5.41) is 14.1. The van der Waals surface area contributed by atoms with Gasteiger partial charge in [-0.3, -0.25) is 4.98 Å². The van der Waals surface area contributed by atoms with Crippen molar-refractivity contribution in [3.05, 3.63) is 42.4 Å². The van der Waals surface area contributed by atoms with Crippen molar-refractivity contribution in [2.75, 3.05) is 12.8 Å². The number of hydrogen-bond donors (Lipinski definition) is 2. The minimum absolute atomic E-state index is 0.296. The van der Waals surface area contributed by atoms with Crippen LogP contribution in [0.25, 0.3) is 16.9 Å². The van der Waals surface area contributed by atoms with Crippen LogP contribution in [0.5, 0.6) is 0 Å². The quantitative estimate of drug-likeness (QED) is 0.690. The van der Waals surface area contributed by atoms with E-state index in [0.717, 1.165) is 11.3 Å². The third-order valence-corrected chi connectivity index (χ3v) is 3.02. The Morgan fingerprint density at radius 3 is 2.80 bits per heavy atom. The minimum atomic E-state index is -1.12. The molecule has 0 saturated carbocycles. The van der Waals surface area contributed by atoms with Crippen LogP contribution in [-0.4, -0.2) is 31.8 Å². The zero-order valence-electron chi connectivity index (χ0n) is 10.8. The molecule has 3 heterocycles. The van der Waals surface area contributed by atoms with Crippen molar-refractivity contribution in [3.8, 4) is 11.3 Å². The summed E-state index contributed by atoms with van der Waals surface area (Å²) in [4.78, 5) is 8.19. The van der Waals surface area contributed by atoms with Gasteiger partial charge in [0, 0.05) is 37.3 Å². The van der Waals surface area contributed by atoms with Gasteiger partial charge >= 0.3 is 0 Å². The van der Waals surface area contributed by atoms with E-state index in [4.69, 9.17) is 10.5 Å². The summed E-state index contributed by atoms with van der Waals surface area (Å²) in [6, 6.07) is 5.51. The Kier molecular flexibility index (Phi) is 3.05. The van der Waals surface area contributed by atoms with Gasteiger partial charge in [-0.1, -0.05) is 0 Å². The Balaban J connectivity index is 2.15. The van der Waals surface area contributed by atoms with Gasteiger partial charge in [-0.2, -0.15) is 9.61 Å². The Morgan fingerprint density at radius 2 is 2.10 bits per heavy atom. The normalized spacial score (nSPS) is 12.7. The molecule has 7 heteroatoms. The Bertz CT molecular complexity index is 741. The molecule has 0 radical (unpaired) electrons. The van der Waals surface area contributed by atoms with Crippen LogP contribution in [0.15, 0.2) is 36.8 Å². The number of nitrogen functional groups attached to an aromatic ring is 1. The Labute approximate surface area is 114 Å². The van der Waals surface area contributed by atoms with Gasteiger partial charge < -0.3 is 15.6 Å². The summed E-state index contributed by atoms with van der Waals surface area (Å²) in [5.41, 5.74) is 8.62. The number of pyridine rings is 1. The van der Waals surface area contributed by atoms with Crippen LogP contribution in [0.1, 0.15) is 11.9 Å². The van der Waals surface area contributed by atoms with Crippen molar-refractivity contribution in [3.63, 3.8) is 0 Å². The molecule has 0 fully saturated rings. The second-order valence-corrected chi connectivity index (χ2v) is 4.22. The summed E-state index contributed by atoms with van der Waals surface area (Å²) in [5.74, 6) is 0.296. The molecule has 7 nitrogen and oxygen atoms in total. The summed E-state index contributed by atoms with van der Waals surface area (Å²) in [7, 11) is 1.39. The number of fused-ring (bicyclic) bond motifs is 1. The van der Waals surface area contributed by atoms with E-state index in [1.54, 1.807) is 12.4 Å². The second-order valence-electron chi connectivity index (χ2n) is 4.22. The van der Waals surface area contributed by atoms with Crippen LogP contribution in [0.2, 0.25) is 0 Å². The third-order valence-electron chi connectivity index (χ3n) is 3.02. The van der Waals surface area contributed by atoms with Gasteiger partial charge in [-0.15, -0.1) is 0 Å². The third kappa shape index (κ3) is 1.98. The van der Waals surface area contributed by atoms with Gasteiger partial charge in [0.1, 0.15) is 5.82 Å². The molecule has 20 heavy (non-hydrogen) atoms. The van der Waals surface area contributed by atoms with Crippen molar-refractivity contribution < 1.29 is 9.84 Å². The Morgan fingerprint density at radius 1 is 1.35 bits per heavy atom. The van der Waals surface area contributed by atoms with Crippen molar-refractivity contribution in [2.24, 2.45) is 0 Å². The van der Waals surface area contributed by atoms with Gasteiger partial charge in [-0.05, 0) is 12.1 Å². The van der Waals surface area contributed by atoms with E-state index >= 15 is 0 Å². The largest absolute Gasteiger partial charge is 0.383 e. The van der Waals surface area contributed by atoms with Crippen molar-refractivity contribution in [1.29, 1.82) is 0 Å². The van der Waals surface area contributed by atoms with Gasteiger partial charge in [0.25, 0.3) is 0 Å². The first-order chi connectivity index (χ1) is 9.70. The van der Waals surface area contributed by atoms with Crippen LogP contribution in [0.4, 0.5) is 5.82 Å². The molecule has 1 atom stereocenters. The number of nitrogens with zero attached hydrogens (tertiary/aromatic N) is 4. The van der Waals surface area contributed by atoms with Crippen molar-refractivity contribution in [2.45, 2.75) is 6.29 Å². The smallest absolute Gasteiger partial charge is 0.185 e. The maximum absolute atomic E-state index is 9.70. The van der Waals surface area contributed by atoms with Crippen LogP contribution in [-0.2, 0) is 4.74 Å². The number of ether oxygens (including phenoxy) is 1. The first kappa shape index (κ1) is 12.5. The van der Waals surface area contributed by atoms with Crippen molar-refractivity contribution >= 4 is 11.5 Å². The van der Waals surface area contributed by atoms with E-state index in [9.17, 15) is 5.11 Å². The molecule has 3 N–H and O–H groups in total. The average molecular weight is 271 g/mol. The number of hydrogen-bond acceptors (Lipinski definition) is 6. The monoisotopic (exact) mass is 271 g/mol. The van der Waals surface area contributed by atoms with Crippen molar-refractivity contribution in [1.82, 2.24) is 19.6 Å². The second kappa shape index (κ2) is 4.87. The number of rotatable bonds is 3. The zero-order valence-corrected chi connectivity index (χ0v) is 10.8. The molecular formula is C13H13N5O2. The molecule has 0 bridgehead atoms. The van der Waals surface area contributed by atoms with Crippen LogP contribution >= 0.6 is 0 Å². The number of anilines is 1. The predicted molar refractivity (Wildman–Crippen MR) is 72.6 cm³/mol. The van der Waals surface area contributed by atoms with E-state index in [0.29, 0.717) is 17.0 Å². The minimum Gasteiger partial charge on any atom is -0.383 e. The molecule has 0 spiro atoms. The fourth-order valence-electron chi connectivity index (χ4n) is 1.95. The molecule has 102 valence electrons. The number of aliphatic hydroxyl groups is 1. The van der Waals surface area contributed by atoms with Crippen LogP contribution in [0, 0.1) is 0 Å². The lowest BCUT2D eigenvalue weighted by molar-refractivity contribution is -0.0768. The lowest BCUT2D eigenvalue weighted by Gasteiger charge is -2.11. The highest BCUT2D eigenvalue weighted by atomic mass is 16.6. The lowest BCUT2D eigenvalue weighted by Crippen LogP contribution is -2.10. The fourth-order valence-corrected chi connectivity index (χ4v) is 1.95. The predicted octanol–water partition coefficient (Wildman–Crippen LogP) is 1.01. The topological polar surface area (TPSA) is 98.6 Å². The van der Waals surface area contributed by atoms with Gasteiger partial charge in [-0.25, -0.2) is 4.98 Å². The van der Waals surface area contributed by atoms with Crippen LogP contribution < -0.4 is 5.73 Å². The van der Waals surface area contributed by atoms with E-state index in [-0.39, 0.29) is 0 Å². The average Bonchev–Trinajstić information content (AvgIpc) is 2.93. The van der Waals surface area contributed by atoms with Gasteiger partial charge in [0.2, 0.25) is 0 Å². The Hall–Kier alpha value is -2.51. The van der Waals surface area contributed by atoms with E-state index in [1.165, 1.54) is 17.8 Å². The maximum Gasteiger partial charge on any atom is 0.185 e. The molecule has 3 aromatic rings. The highest BCUT2D eigenvalue weighted by Crippen LogP contribution is 2.24. The molecule has 3 aromatic heterocycles. The first-order valence-corrected chi connectivity index (χ1v) is 5.96. The first-order valence-electron chi connectivity index (χ1n) is 5.96. The molecule has 0 aliphatic rings. The van der Waals surface area contributed by atoms with Crippen LogP contribution in [0.3, 0.4) is 0 Å². The van der Waals surface area contributed by atoms with Gasteiger partial charge in [0.05, 0.1) is 11.3 Å². The molecule has 0 amide bonds. The number of aromatic nitrogens is 4. The van der Waals surface area contributed by atoms with E-state index in [2.05, 4.69) is 15.1 Å². The van der Waals surface area contributed by atoms with Gasteiger partial charge in [0.15, 0.2) is 11.9 Å². The number of nitrogens with two attached hydrogens (primary N) is 1. The fraction of sp³-hybridized carbons (Fsp3) is 0.154. The lowest BCUT2D eigenvalue weighted by atomic mass is 10.2. The number of aliphatic hydroxyl groups excluding tert-OH is 1. The molecule has 0 aliphatic carbocycles. The summed E-state index contributed by atoms with van der Waals surface area (Å²) in [6.45, 7) is 0. The van der Waals surface area contributed by atoms with E-state index in [1.807, 2.05) is 18.2 Å². The molecule has 1 unspecified atom stereocenters. The summed E-state index contributed by atoms with van der Waals surface area (Å²) < 4.78 is 6.32. The molecule has 0 saturated heterocycles. The number of methoxy groups -OCH3 is 1. The maximum atomic E-state index is 9.70. The molecular weight excluding hydrogens is 258 g/mol. The van der Waals surface area contributed by atoms with E-state index < -0.39 is 6.29 Å². The summed E-state index contributed by atoms with van der Waals surface area (Å²) in [6.07, 6.45) is 3.74. The summed E-state index contributed by atoms with van der Waals surface area (Å²) >= 11 is 0. The molecule has 0 aliphatic heterocycles. The standard InChI is InChI=1S/C13H13N5O2/c1-20-13(19)9-7-16-11-6-10(17-18(11)12(9)14)8-2-4-15-5-3-8/h2-7,13,19H,14H2,1H3.